The molecule has 1 saturated heterocycles. The number of halogens is 3. The number of likely N-dealkylation sites (tertiary alicyclic amines) is 1. The van der Waals surface area contributed by atoms with Crippen LogP contribution in [0, 0.1) is 6.92 Å². The van der Waals surface area contributed by atoms with Crippen LogP contribution in [0.25, 0.3) is 11.3 Å². The molecule has 0 aliphatic carbocycles. The summed E-state index contributed by atoms with van der Waals surface area (Å²) in [5.41, 5.74) is 0.859. The molecule has 3 aromatic heterocycles. The number of nitrogens with zero attached hydrogens (tertiary/aromatic N) is 6. The van der Waals surface area contributed by atoms with Gasteiger partial charge in [0.1, 0.15) is 5.69 Å². The Balaban J connectivity index is 1.71. The smallest absolute Gasteiger partial charge is 0.356 e. The third kappa shape index (κ3) is 3.59. The Labute approximate surface area is 170 Å². The Morgan fingerprint density at radius 3 is 2.60 bits per heavy atom. The van der Waals surface area contributed by atoms with E-state index in [4.69, 9.17) is 4.52 Å². The summed E-state index contributed by atoms with van der Waals surface area (Å²) in [6.45, 7) is 2.21. The van der Waals surface area contributed by atoms with E-state index in [-0.39, 0.29) is 5.69 Å². The lowest BCUT2D eigenvalue weighted by atomic mass is 9.96. The van der Waals surface area contributed by atoms with Gasteiger partial charge in [-0.1, -0.05) is 5.16 Å². The first-order valence-corrected chi connectivity index (χ1v) is 9.54. The quantitative estimate of drug-likeness (QED) is 0.645. The van der Waals surface area contributed by atoms with Crippen LogP contribution in [0.15, 0.2) is 22.9 Å². The Morgan fingerprint density at radius 2 is 1.97 bits per heavy atom. The highest BCUT2D eigenvalue weighted by Gasteiger charge is 2.38. The lowest BCUT2D eigenvalue weighted by Crippen LogP contribution is -2.39. The van der Waals surface area contributed by atoms with Gasteiger partial charge in [-0.2, -0.15) is 23.4 Å². The third-order valence-corrected chi connectivity index (χ3v) is 5.22. The fourth-order valence-corrected chi connectivity index (χ4v) is 3.88. The van der Waals surface area contributed by atoms with Crippen molar-refractivity contribution in [1.29, 1.82) is 0 Å². The monoisotopic (exact) mass is 422 g/mol. The molecule has 1 unspecified atom stereocenters. The van der Waals surface area contributed by atoms with Crippen LogP contribution in [-0.2, 0) is 20.3 Å². The van der Waals surface area contributed by atoms with Crippen molar-refractivity contribution in [2.24, 2.45) is 14.1 Å². The first kappa shape index (κ1) is 20.2. The van der Waals surface area contributed by atoms with Crippen LogP contribution < -0.4 is 0 Å². The Morgan fingerprint density at radius 1 is 1.20 bits per heavy atom. The molecule has 0 saturated carbocycles. The first-order chi connectivity index (χ1) is 14.1. The average molecular weight is 422 g/mol. The van der Waals surface area contributed by atoms with E-state index in [9.17, 15) is 18.0 Å². The number of carbonyl (C=O) groups excluding carboxylic acids is 1. The van der Waals surface area contributed by atoms with Gasteiger partial charge in [0.2, 0.25) is 0 Å². The van der Waals surface area contributed by atoms with E-state index in [0.717, 1.165) is 18.9 Å². The Bertz CT molecular complexity index is 1080. The molecule has 1 amide bonds. The molecule has 0 bridgehead atoms. The van der Waals surface area contributed by atoms with Gasteiger partial charge in [0.25, 0.3) is 5.91 Å². The second-order valence-electron chi connectivity index (χ2n) is 7.48. The van der Waals surface area contributed by atoms with Crippen LogP contribution in [0.5, 0.6) is 0 Å². The predicted molar refractivity (Wildman–Crippen MR) is 99.3 cm³/mol. The molecule has 30 heavy (non-hydrogen) atoms. The van der Waals surface area contributed by atoms with Crippen LogP contribution in [0.2, 0.25) is 0 Å². The van der Waals surface area contributed by atoms with Gasteiger partial charge < -0.3 is 9.42 Å². The second kappa shape index (κ2) is 7.29. The molecule has 0 spiro atoms. The number of aromatic nitrogens is 5. The van der Waals surface area contributed by atoms with Gasteiger partial charge in [0.05, 0.1) is 23.0 Å². The molecular formula is C19H21F3N6O2. The molecule has 0 aromatic carbocycles. The van der Waals surface area contributed by atoms with Gasteiger partial charge in [0.15, 0.2) is 11.5 Å². The zero-order valence-corrected chi connectivity index (χ0v) is 16.8. The fraction of sp³-hybridized carbons (Fsp3) is 0.474. The van der Waals surface area contributed by atoms with Gasteiger partial charge in [-0.15, -0.1) is 0 Å². The summed E-state index contributed by atoms with van der Waals surface area (Å²) in [6.07, 6.45) is -0.530. The SMILES string of the molecule is Cc1cc(-c2cn(C)nc2C2CCCCN2C(=O)c2cc(C(F)(F)F)n(C)n2)on1. The number of piperidine rings is 1. The molecule has 160 valence electrons. The van der Waals surface area contributed by atoms with Crippen molar-refractivity contribution in [3.8, 4) is 11.3 Å². The normalized spacial score (nSPS) is 17.5. The van der Waals surface area contributed by atoms with Crippen molar-refractivity contribution in [1.82, 2.24) is 29.6 Å². The van der Waals surface area contributed by atoms with Crippen LogP contribution >= 0.6 is 0 Å². The van der Waals surface area contributed by atoms with Crippen molar-refractivity contribution in [2.75, 3.05) is 6.54 Å². The third-order valence-electron chi connectivity index (χ3n) is 5.22. The van der Waals surface area contributed by atoms with Gasteiger partial charge in [0, 0.05) is 39.0 Å². The first-order valence-electron chi connectivity index (χ1n) is 9.54. The lowest BCUT2D eigenvalue weighted by Gasteiger charge is -2.34. The summed E-state index contributed by atoms with van der Waals surface area (Å²) in [5.74, 6) is -0.0121. The molecule has 8 nitrogen and oxygen atoms in total. The summed E-state index contributed by atoms with van der Waals surface area (Å²) >= 11 is 0. The molecular weight excluding hydrogens is 401 g/mol. The van der Waals surface area contributed by atoms with Gasteiger partial charge >= 0.3 is 6.18 Å². The van der Waals surface area contributed by atoms with Gasteiger partial charge in [-0.3, -0.25) is 14.2 Å². The summed E-state index contributed by atoms with van der Waals surface area (Å²) in [7, 11) is 2.94. The zero-order chi connectivity index (χ0) is 21.6. The topological polar surface area (TPSA) is 82.0 Å². The molecule has 1 aliphatic heterocycles. The van der Waals surface area contributed by atoms with E-state index in [1.165, 1.54) is 7.05 Å². The average Bonchev–Trinajstić information content (AvgIpc) is 3.39. The fourth-order valence-electron chi connectivity index (χ4n) is 3.88. The van der Waals surface area contributed by atoms with Crippen molar-refractivity contribution >= 4 is 5.91 Å². The number of hydrogen-bond donors (Lipinski definition) is 0. The molecule has 0 N–H and O–H groups in total. The minimum absolute atomic E-state index is 0.232. The Hall–Kier alpha value is -3.11. The highest BCUT2D eigenvalue weighted by molar-refractivity contribution is 5.93. The van der Waals surface area contributed by atoms with Crippen molar-refractivity contribution < 1.29 is 22.5 Å². The highest BCUT2D eigenvalue weighted by Crippen LogP contribution is 2.37. The van der Waals surface area contributed by atoms with Gasteiger partial charge in [-0.25, -0.2) is 0 Å². The minimum Gasteiger partial charge on any atom is -0.356 e. The largest absolute Gasteiger partial charge is 0.433 e. The van der Waals surface area contributed by atoms with E-state index in [2.05, 4.69) is 15.4 Å². The summed E-state index contributed by atoms with van der Waals surface area (Å²) < 4.78 is 47.1. The number of hydrogen-bond acceptors (Lipinski definition) is 5. The van der Waals surface area contributed by atoms with Crippen molar-refractivity contribution in [3.05, 3.63) is 41.1 Å². The number of aryl methyl sites for hydroxylation is 3. The molecule has 4 heterocycles. The summed E-state index contributed by atoms with van der Waals surface area (Å²) in [6, 6.07) is 2.18. The molecule has 0 radical (unpaired) electrons. The molecule has 1 aliphatic rings. The second-order valence-corrected chi connectivity index (χ2v) is 7.48. The van der Waals surface area contributed by atoms with Crippen LogP contribution in [-0.4, -0.2) is 42.1 Å². The number of carbonyl (C=O) groups is 1. The maximum atomic E-state index is 13.1. The standard InChI is InChI=1S/C19H21F3N6O2/c1-11-8-15(30-25-11)12-10-26(2)24-17(12)14-6-4-5-7-28(14)18(29)13-9-16(19(20,21)22)27(3)23-13/h8-10,14H,4-7H2,1-3H3. The highest BCUT2D eigenvalue weighted by atomic mass is 19.4. The van der Waals surface area contributed by atoms with Crippen LogP contribution in [0.4, 0.5) is 13.2 Å². The van der Waals surface area contributed by atoms with E-state index in [0.29, 0.717) is 40.4 Å². The predicted octanol–water partition coefficient (Wildman–Crippen LogP) is 3.50. The molecule has 1 fully saturated rings. The van der Waals surface area contributed by atoms with E-state index in [1.54, 1.807) is 35.8 Å². The van der Waals surface area contributed by atoms with Crippen molar-refractivity contribution in [3.63, 3.8) is 0 Å². The zero-order valence-electron chi connectivity index (χ0n) is 16.8. The van der Waals surface area contributed by atoms with E-state index in [1.807, 2.05) is 0 Å². The number of rotatable bonds is 3. The lowest BCUT2D eigenvalue weighted by molar-refractivity contribution is -0.143. The minimum atomic E-state index is -4.58. The van der Waals surface area contributed by atoms with Crippen molar-refractivity contribution in [2.45, 2.75) is 38.4 Å². The van der Waals surface area contributed by atoms with Gasteiger partial charge in [-0.05, 0) is 26.2 Å². The maximum absolute atomic E-state index is 13.1. The van der Waals surface area contributed by atoms with Crippen LogP contribution in [0.3, 0.4) is 0 Å². The van der Waals surface area contributed by atoms with E-state index >= 15 is 0 Å². The number of amides is 1. The van der Waals surface area contributed by atoms with E-state index < -0.39 is 23.8 Å². The molecule has 3 aromatic rings. The number of alkyl halides is 3. The molecule has 11 heteroatoms. The maximum Gasteiger partial charge on any atom is 0.433 e. The molecule has 4 rings (SSSR count). The van der Waals surface area contributed by atoms with Crippen LogP contribution in [0.1, 0.15) is 52.9 Å². The summed E-state index contributed by atoms with van der Waals surface area (Å²) in [4.78, 5) is 14.7. The molecule has 1 atom stereocenters. The summed E-state index contributed by atoms with van der Waals surface area (Å²) in [5, 5.41) is 12.3. The Kier molecular flexibility index (Phi) is 4.91.